The van der Waals surface area contributed by atoms with Crippen LogP contribution in [0.4, 0.5) is 0 Å². The molecule has 0 bridgehead atoms. The van der Waals surface area contributed by atoms with Gasteiger partial charge in [0.2, 0.25) is 11.2 Å². The molecule has 0 spiro atoms. The van der Waals surface area contributed by atoms with Crippen molar-refractivity contribution < 1.29 is 14.1 Å². The lowest BCUT2D eigenvalue weighted by Gasteiger charge is -2.51. The van der Waals surface area contributed by atoms with Gasteiger partial charge in [0.25, 0.3) is 5.91 Å². The molecular weight excluding hydrogens is 437 g/mol. The number of pyridine rings is 1. The highest BCUT2D eigenvalue weighted by molar-refractivity contribution is 7.10. The molecule has 1 saturated heterocycles. The topological polar surface area (TPSA) is 64.0 Å². The van der Waals surface area contributed by atoms with Gasteiger partial charge in [-0.2, -0.15) is 0 Å². The van der Waals surface area contributed by atoms with Crippen LogP contribution in [0.15, 0.2) is 65.6 Å². The van der Waals surface area contributed by atoms with Gasteiger partial charge in [-0.25, -0.2) is 0 Å². The standard InChI is InChI=1S/C25H22N3O4P/c29-20-11-12-27-23(24(20)32-33)25(30)26-13-14-31-15-21(26)28(27)22-18-7-3-1-5-16(18)9-10-17-6-2-4-8-19(17)22/h1-12,21-22H,13-15,33H2. The number of nitrogens with zero attached hydrogens (tertiary/aromatic N) is 3. The maximum atomic E-state index is 13.6. The molecule has 1 aliphatic carbocycles. The van der Waals surface area contributed by atoms with Crippen LogP contribution in [0.3, 0.4) is 0 Å². The Hall–Kier alpha value is -3.41. The van der Waals surface area contributed by atoms with Gasteiger partial charge in [0, 0.05) is 18.8 Å². The smallest absolute Gasteiger partial charge is 0.278 e. The molecule has 1 fully saturated rings. The van der Waals surface area contributed by atoms with Crippen molar-refractivity contribution in [2.45, 2.75) is 12.2 Å². The van der Waals surface area contributed by atoms with E-state index in [1.807, 2.05) is 24.3 Å². The predicted molar refractivity (Wildman–Crippen MR) is 129 cm³/mol. The molecule has 0 radical (unpaired) electrons. The first-order chi connectivity index (χ1) is 16.2. The molecule has 0 saturated carbocycles. The Labute approximate surface area is 193 Å². The molecule has 1 aromatic heterocycles. The Morgan fingerprint density at radius 1 is 0.939 bits per heavy atom. The molecule has 3 aromatic rings. The zero-order valence-corrected chi connectivity index (χ0v) is 18.9. The average Bonchev–Trinajstić information content (AvgIpc) is 3.02. The SMILES string of the molecule is O=C1c2c(OP)c(=O)ccn2N(C2c3ccccc3C=Cc3ccccc32)C2COCCN12. The minimum Gasteiger partial charge on any atom is -0.474 e. The summed E-state index contributed by atoms with van der Waals surface area (Å²) in [6, 6.07) is 17.7. The largest absolute Gasteiger partial charge is 0.474 e. The number of fused-ring (bicyclic) bond motifs is 4. The van der Waals surface area contributed by atoms with E-state index in [1.54, 1.807) is 15.8 Å². The second kappa shape index (κ2) is 7.87. The first-order valence-electron chi connectivity index (χ1n) is 10.8. The van der Waals surface area contributed by atoms with Gasteiger partial charge in [-0.3, -0.25) is 19.3 Å². The summed E-state index contributed by atoms with van der Waals surface area (Å²) in [5.41, 5.74) is 4.31. The Balaban J connectivity index is 1.67. The molecule has 2 aromatic carbocycles. The monoisotopic (exact) mass is 459 g/mol. The van der Waals surface area contributed by atoms with Gasteiger partial charge in [0.1, 0.15) is 6.17 Å². The number of carbonyl (C=O) groups excluding carboxylic acids is 1. The molecule has 3 aliphatic rings. The van der Waals surface area contributed by atoms with Gasteiger partial charge in [-0.1, -0.05) is 60.7 Å². The maximum Gasteiger partial charge on any atom is 0.278 e. The summed E-state index contributed by atoms with van der Waals surface area (Å²) >= 11 is 0. The van der Waals surface area contributed by atoms with Crippen molar-refractivity contribution in [3.05, 3.63) is 99.0 Å². The highest BCUT2D eigenvalue weighted by atomic mass is 31.0. The fourth-order valence-electron chi connectivity index (χ4n) is 5.09. The van der Waals surface area contributed by atoms with Crippen molar-refractivity contribution in [2.24, 2.45) is 0 Å². The molecule has 1 amide bonds. The van der Waals surface area contributed by atoms with Gasteiger partial charge in [-0.05, 0) is 22.3 Å². The lowest BCUT2D eigenvalue weighted by molar-refractivity contribution is -0.0195. The van der Waals surface area contributed by atoms with Crippen LogP contribution in [0.25, 0.3) is 12.2 Å². The molecule has 8 heteroatoms. The van der Waals surface area contributed by atoms with Crippen molar-refractivity contribution in [3.63, 3.8) is 0 Å². The zero-order valence-electron chi connectivity index (χ0n) is 17.8. The minimum absolute atomic E-state index is 0.0239. The van der Waals surface area contributed by atoms with Crippen molar-refractivity contribution in [3.8, 4) is 5.75 Å². The number of morpholine rings is 1. The van der Waals surface area contributed by atoms with Crippen LogP contribution in [0.5, 0.6) is 5.75 Å². The van der Waals surface area contributed by atoms with Crippen LogP contribution in [-0.2, 0) is 4.74 Å². The third kappa shape index (κ3) is 3.04. The third-order valence-electron chi connectivity index (χ3n) is 6.56. The van der Waals surface area contributed by atoms with E-state index in [0.717, 1.165) is 22.3 Å². The van der Waals surface area contributed by atoms with Gasteiger partial charge >= 0.3 is 0 Å². The maximum absolute atomic E-state index is 13.6. The summed E-state index contributed by atoms with van der Waals surface area (Å²) in [7, 11) is 2.10. The number of hydrogen-bond acceptors (Lipinski definition) is 5. The number of hydrogen-bond donors (Lipinski definition) is 0. The summed E-state index contributed by atoms with van der Waals surface area (Å²) in [4.78, 5) is 27.9. The summed E-state index contributed by atoms with van der Waals surface area (Å²) in [5, 5.41) is 2.15. The first-order valence-corrected chi connectivity index (χ1v) is 11.3. The number of aromatic nitrogens is 1. The normalized spacial score (nSPS) is 19.3. The molecular formula is C25H22N3O4P. The van der Waals surface area contributed by atoms with Gasteiger partial charge < -0.3 is 14.2 Å². The lowest BCUT2D eigenvalue weighted by Crippen LogP contribution is -2.66. The number of rotatable bonds is 2. The van der Waals surface area contributed by atoms with E-state index in [1.165, 1.54) is 6.07 Å². The lowest BCUT2D eigenvalue weighted by atomic mass is 9.92. The number of amides is 1. The van der Waals surface area contributed by atoms with E-state index in [0.29, 0.717) is 19.8 Å². The summed E-state index contributed by atoms with van der Waals surface area (Å²) in [5.74, 6) is -0.209. The average molecular weight is 459 g/mol. The quantitative estimate of drug-likeness (QED) is 0.552. The molecule has 2 unspecified atom stereocenters. The molecule has 2 aliphatic heterocycles. The van der Waals surface area contributed by atoms with Crippen LogP contribution in [-0.4, -0.2) is 41.4 Å². The third-order valence-corrected chi connectivity index (χ3v) is 6.80. The molecule has 166 valence electrons. The predicted octanol–water partition coefficient (Wildman–Crippen LogP) is 3.04. The Bertz CT molecular complexity index is 1300. The fraction of sp³-hybridized carbons (Fsp3) is 0.200. The van der Waals surface area contributed by atoms with E-state index >= 15 is 0 Å². The van der Waals surface area contributed by atoms with Crippen LogP contribution in [0, 0.1) is 0 Å². The summed E-state index contributed by atoms with van der Waals surface area (Å²) in [6.07, 6.45) is 5.57. The highest BCUT2D eigenvalue weighted by Crippen LogP contribution is 2.40. The van der Waals surface area contributed by atoms with E-state index in [4.69, 9.17) is 9.26 Å². The van der Waals surface area contributed by atoms with E-state index in [-0.39, 0.29) is 35.0 Å². The van der Waals surface area contributed by atoms with Crippen molar-refractivity contribution in [1.29, 1.82) is 0 Å². The number of ether oxygens (including phenoxy) is 1. The van der Waals surface area contributed by atoms with Crippen LogP contribution >= 0.6 is 9.47 Å². The van der Waals surface area contributed by atoms with Crippen LogP contribution in [0.2, 0.25) is 0 Å². The van der Waals surface area contributed by atoms with E-state index < -0.39 is 0 Å². The van der Waals surface area contributed by atoms with Gasteiger partial charge in [0.15, 0.2) is 5.69 Å². The number of benzene rings is 2. The Morgan fingerprint density at radius 3 is 2.27 bits per heavy atom. The molecule has 2 atom stereocenters. The van der Waals surface area contributed by atoms with Crippen LogP contribution < -0.4 is 15.0 Å². The second-order valence-corrected chi connectivity index (χ2v) is 8.48. The van der Waals surface area contributed by atoms with Gasteiger partial charge in [0.05, 0.1) is 28.7 Å². The Morgan fingerprint density at radius 2 is 1.61 bits per heavy atom. The first kappa shape index (κ1) is 20.2. The van der Waals surface area contributed by atoms with Crippen molar-refractivity contribution in [1.82, 2.24) is 9.58 Å². The molecule has 3 heterocycles. The Kier molecular flexibility index (Phi) is 4.82. The summed E-state index contributed by atoms with van der Waals surface area (Å²) < 4.78 is 13.0. The highest BCUT2D eigenvalue weighted by Gasteiger charge is 2.45. The van der Waals surface area contributed by atoms with Gasteiger partial charge in [-0.15, -0.1) is 0 Å². The molecule has 33 heavy (non-hydrogen) atoms. The van der Waals surface area contributed by atoms with E-state index in [9.17, 15) is 9.59 Å². The van der Waals surface area contributed by atoms with Crippen molar-refractivity contribution in [2.75, 3.05) is 24.8 Å². The molecule has 0 N–H and O–H groups in total. The number of carbonyl (C=O) groups is 1. The second-order valence-electron chi connectivity index (χ2n) is 8.25. The van der Waals surface area contributed by atoms with Crippen LogP contribution in [0.1, 0.15) is 38.8 Å². The molecule has 6 rings (SSSR count). The molecule has 7 nitrogen and oxygen atoms in total. The zero-order chi connectivity index (χ0) is 22.5. The van der Waals surface area contributed by atoms with E-state index in [2.05, 4.69) is 50.9 Å². The van der Waals surface area contributed by atoms with Crippen molar-refractivity contribution >= 4 is 27.5 Å². The minimum atomic E-state index is -0.345. The fourth-order valence-corrected chi connectivity index (χ4v) is 5.32. The summed E-state index contributed by atoms with van der Waals surface area (Å²) in [6.45, 7) is 1.25.